The van der Waals surface area contributed by atoms with Gasteiger partial charge in [0.15, 0.2) is 5.17 Å². The summed E-state index contributed by atoms with van der Waals surface area (Å²) in [5.41, 5.74) is 4.32. The minimum absolute atomic E-state index is 0.0971. The van der Waals surface area contributed by atoms with Gasteiger partial charge in [0, 0.05) is 24.7 Å². The third kappa shape index (κ3) is 3.90. The summed E-state index contributed by atoms with van der Waals surface area (Å²) in [5, 5.41) is 7.02. The first-order valence-electron chi connectivity index (χ1n) is 4.97. The highest BCUT2D eigenvalue weighted by Gasteiger charge is 2.00. The van der Waals surface area contributed by atoms with E-state index in [4.69, 9.17) is 11.6 Å². The Morgan fingerprint density at radius 1 is 1.38 bits per heavy atom. The van der Waals surface area contributed by atoms with Gasteiger partial charge in [0.25, 0.3) is 0 Å². The molecule has 4 nitrogen and oxygen atoms in total. The van der Waals surface area contributed by atoms with Gasteiger partial charge in [-0.1, -0.05) is 11.6 Å². The normalized spacial score (nSPS) is 11.1. The number of carbonyl (C=O) groups excluding carboxylic acids is 1. The van der Waals surface area contributed by atoms with Crippen LogP contribution in [0.15, 0.2) is 29.4 Å². The predicted octanol–water partition coefficient (Wildman–Crippen LogP) is 2.15. The second-order valence-corrected chi connectivity index (χ2v) is 3.53. The maximum atomic E-state index is 10.8. The molecule has 16 heavy (non-hydrogen) atoms. The number of hydrogen-bond donors (Lipinski definition) is 2. The Bertz CT molecular complexity index is 387. The molecule has 5 heteroatoms. The van der Waals surface area contributed by atoms with E-state index in [1.165, 1.54) is 6.92 Å². The van der Waals surface area contributed by atoms with Crippen molar-refractivity contribution in [3.63, 3.8) is 0 Å². The van der Waals surface area contributed by atoms with Crippen molar-refractivity contribution in [3.05, 3.63) is 29.8 Å². The molecule has 1 aromatic rings. The molecule has 0 aliphatic rings. The van der Waals surface area contributed by atoms with Crippen molar-refractivity contribution >= 4 is 28.4 Å². The van der Waals surface area contributed by atoms with Crippen LogP contribution in [0.4, 0.5) is 5.69 Å². The number of hydrogen-bond acceptors (Lipinski definition) is 3. The van der Waals surface area contributed by atoms with Gasteiger partial charge in [0.05, 0.1) is 0 Å². The van der Waals surface area contributed by atoms with Gasteiger partial charge in [0.2, 0.25) is 5.91 Å². The molecule has 0 unspecified atom stereocenters. The van der Waals surface area contributed by atoms with Gasteiger partial charge in [-0.15, -0.1) is 0 Å². The minimum Gasteiger partial charge on any atom is -0.326 e. The molecule has 1 aromatic carbocycles. The second kappa shape index (κ2) is 6.12. The van der Waals surface area contributed by atoms with Crippen LogP contribution < -0.4 is 10.7 Å². The van der Waals surface area contributed by atoms with Gasteiger partial charge >= 0.3 is 0 Å². The standard InChI is InChI=1S/C11H14ClN3O/c1-3-13-15-11(12)9-4-6-10(7-5-9)14-8(2)16/h4-7,13H,3H2,1-2H3,(H,14,16)/b15-11-. The fourth-order valence-electron chi connectivity index (χ4n) is 1.11. The van der Waals surface area contributed by atoms with Crippen molar-refractivity contribution in [3.8, 4) is 0 Å². The zero-order valence-electron chi connectivity index (χ0n) is 9.25. The molecule has 0 aliphatic heterocycles. The van der Waals surface area contributed by atoms with Crippen LogP contribution in [0.2, 0.25) is 0 Å². The first-order valence-corrected chi connectivity index (χ1v) is 5.35. The SMILES string of the molecule is CCN/N=C(\Cl)c1ccc(NC(C)=O)cc1. The molecule has 0 spiro atoms. The van der Waals surface area contributed by atoms with E-state index in [-0.39, 0.29) is 5.91 Å². The lowest BCUT2D eigenvalue weighted by atomic mass is 10.2. The van der Waals surface area contributed by atoms with E-state index in [1.54, 1.807) is 24.3 Å². The molecule has 1 rings (SSSR count). The summed E-state index contributed by atoms with van der Waals surface area (Å²) >= 11 is 5.94. The molecule has 0 saturated carbocycles. The number of hydrazone groups is 1. The van der Waals surface area contributed by atoms with Crippen LogP contribution in [0.1, 0.15) is 19.4 Å². The minimum atomic E-state index is -0.0971. The molecular weight excluding hydrogens is 226 g/mol. The zero-order chi connectivity index (χ0) is 12.0. The number of halogens is 1. The van der Waals surface area contributed by atoms with E-state index >= 15 is 0 Å². The summed E-state index contributed by atoms with van der Waals surface area (Å²) < 4.78 is 0. The van der Waals surface area contributed by atoms with Gasteiger partial charge < -0.3 is 10.7 Å². The van der Waals surface area contributed by atoms with Gasteiger partial charge in [-0.3, -0.25) is 4.79 Å². The predicted molar refractivity (Wildman–Crippen MR) is 66.8 cm³/mol. The highest BCUT2D eigenvalue weighted by molar-refractivity contribution is 6.69. The van der Waals surface area contributed by atoms with Gasteiger partial charge in [-0.2, -0.15) is 5.10 Å². The summed E-state index contributed by atoms with van der Waals surface area (Å²) in [6, 6.07) is 7.16. The average Bonchev–Trinajstić information content (AvgIpc) is 2.26. The summed E-state index contributed by atoms with van der Waals surface area (Å²) in [5.74, 6) is -0.0971. The Kier molecular flexibility index (Phi) is 4.79. The van der Waals surface area contributed by atoms with Crippen LogP contribution >= 0.6 is 11.6 Å². The van der Waals surface area contributed by atoms with Crippen molar-refractivity contribution in [2.45, 2.75) is 13.8 Å². The maximum absolute atomic E-state index is 10.8. The monoisotopic (exact) mass is 239 g/mol. The molecule has 0 heterocycles. The van der Waals surface area contributed by atoms with Crippen LogP contribution in [0.5, 0.6) is 0 Å². The maximum Gasteiger partial charge on any atom is 0.221 e. The van der Waals surface area contributed by atoms with Crippen molar-refractivity contribution in [2.24, 2.45) is 5.10 Å². The van der Waals surface area contributed by atoms with Crippen LogP contribution in [0, 0.1) is 0 Å². The second-order valence-electron chi connectivity index (χ2n) is 3.17. The Hall–Kier alpha value is -1.55. The number of anilines is 1. The molecule has 0 radical (unpaired) electrons. The number of rotatable bonds is 4. The van der Waals surface area contributed by atoms with E-state index < -0.39 is 0 Å². The molecule has 1 amide bonds. The Labute approximate surface area is 99.7 Å². The largest absolute Gasteiger partial charge is 0.326 e. The van der Waals surface area contributed by atoms with Crippen molar-refractivity contribution in [1.29, 1.82) is 0 Å². The van der Waals surface area contributed by atoms with E-state index in [1.807, 2.05) is 6.92 Å². The number of carbonyl (C=O) groups is 1. The lowest BCUT2D eigenvalue weighted by Crippen LogP contribution is -2.07. The number of nitrogens with one attached hydrogen (secondary N) is 2. The van der Waals surface area contributed by atoms with Crippen LogP contribution in [0.3, 0.4) is 0 Å². The molecule has 86 valence electrons. The molecule has 0 aromatic heterocycles. The van der Waals surface area contributed by atoms with E-state index in [2.05, 4.69) is 15.8 Å². The fraction of sp³-hybridized carbons (Fsp3) is 0.273. The molecule has 2 N–H and O–H groups in total. The molecular formula is C11H14ClN3O. The van der Waals surface area contributed by atoms with Crippen LogP contribution in [-0.2, 0) is 4.79 Å². The average molecular weight is 240 g/mol. The molecule has 0 aliphatic carbocycles. The van der Waals surface area contributed by atoms with Gasteiger partial charge in [-0.05, 0) is 31.2 Å². The molecule has 0 bridgehead atoms. The molecule has 0 fully saturated rings. The van der Waals surface area contributed by atoms with Crippen molar-refractivity contribution in [2.75, 3.05) is 11.9 Å². The fourth-order valence-corrected chi connectivity index (χ4v) is 1.29. The quantitative estimate of drug-likeness (QED) is 0.625. The smallest absolute Gasteiger partial charge is 0.221 e. The number of benzene rings is 1. The third-order valence-electron chi connectivity index (χ3n) is 1.78. The molecule has 0 atom stereocenters. The van der Waals surface area contributed by atoms with Crippen molar-refractivity contribution < 1.29 is 4.79 Å². The third-order valence-corrected chi connectivity index (χ3v) is 2.08. The van der Waals surface area contributed by atoms with E-state index in [0.717, 1.165) is 17.8 Å². The summed E-state index contributed by atoms with van der Waals surface area (Å²) in [7, 11) is 0. The summed E-state index contributed by atoms with van der Waals surface area (Å²) in [6.07, 6.45) is 0. The lowest BCUT2D eigenvalue weighted by molar-refractivity contribution is -0.114. The number of amides is 1. The molecule has 0 saturated heterocycles. The zero-order valence-corrected chi connectivity index (χ0v) is 10.0. The van der Waals surface area contributed by atoms with Crippen LogP contribution in [-0.4, -0.2) is 17.6 Å². The summed E-state index contributed by atoms with van der Waals surface area (Å²) in [6.45, 7) is 4.13. The topological polar surface area (TPSA) is 53.5 Å². The first kappa shape index (κ1) is 12.5. The lowest BCUT2D eigenvalue weighted by Gasteiger charge is -2.03. The van der Waals surface area contributed by atoms with Crippen molar-refractivity contribution in [1.82, 2.24) is 5.43 Å². The van der Waals surface area contributed by atoms with Gasteiger partial charge in [0.1, 0.15) is 0 Å². The Balaban J connectivity index is 2.74. The first-order chi connectivity index (χ1) is 7.63. The highest BCUT2D eigenvalue weighted by Crippen LogP contribution is 2.11. The Morgan fingerprint density at radius 3 is 2.50 bits per heavy atom. The highest BCUT2D eigenvalue weighted by atomic mass is 35.5. The van der Waals surface area contributed by atoms with E-state index in [0.29, 0.717) is 5.17 Å². The number of nitrogens with zero attached hydrogens (tertiary/aromatic N) is 1. The van der Waals surface area contributed by atoms with E-state index in [9.17, 15) is 4.79 Å². The Morgan fingerprint density at radius 2 is 2.00 bits per heavy atom. The summed E-state index contributed by atoms with van der Waals surface area (Å²) in [4.78, 5) is 10.8. The van der Waals surface area contributed by atoms with Crippen LogP contribution in [0.25, 0.3) is 0 Å². The van der Waals surface area contributed by atoms with Gasteiger partial charge in [-0.25, -0.2) is 0 Å².